The number of rotatable bonds is 42. The van der Waals surface area contributed by atoms with Gasteiger partial charge in [0.15, 0.2) is 6.10 Å². The number of carbonyl (C=O) groups is 2. The van der Waals surface area contributed by atoms with Crippen molar-refractivity contribution in [1.82, 2.24) is 0 Å². The fraction of sp³-hybridized carbons (Fsp3) is 0.864. The SMILES string of the molecule is CCCCC/C=C\C/C=C\CCCCCCCC(=O)OC(COC(=O)CCCCCCCCCCCCCCCCCCCC)COP(=O)(O)OCCN. The molecule has 0 saturated carbocycles. The summed E-state index contributed by atoms with van der Waals surface area (Å²) in [5.74, 6) is -0.836. The zero-order chi connectivity index (χ0) is 39.6. The van der Waals surface area contributed by atoms with Gasteiger partial charge in [-0.3, -0.25) is 18.6 Å². The van der Waals surface area contributed by atoms with Crippen molar-refractivity contribution in [3.8, 4) is 0 Å². The third kappa shape index (κ3) is 40.2. The first kappa shape index (κ1) is 52.5. The molecule has 0 aliphatic heterocycles. The van der Waals surface area contributed by atoms with E-state index in [-0.39, 0.29) is 38.6 Å². The minimum atomic E-state index is -4.38. The highest BCUT2D eigenvalue weighted by molar-refractivity contribution is 7.47. The summed E-state index contributed by atoms with van der Waals surface area (Å²) >= 11 is 0. The summed E-state index contributed by atoms with van der Waals surface area (Å²) in [5.41, 5.74) is 5.35. The number of ether oxygens (including phenoxy) is 2. The molecule has 10 heteroatoms. The van der Waals surface area contributed by atoms with Crippen LogP contribution in [0.5, 0.6) is 0 Å². The molecule has 0 aliphatic carbocycles. The number of esters is 2. The third-order valence-corrected chi connectivity index (χ3v) is 10.6. The molecule has 318 valence electrons. The Hall–Kier alpha value is -1.51. The molecule has 54 heavy (non-hydrogen) atoms. The molecule has 3 N–H and O–H groups in total. The maximum Gasteiger partial charge on any atom is 0.472 e. The normalized spacial score (nSPS) is 13.5. The maximum atomic E-state index is 12.6. The summed E-state index contributed by atoms with van der Waals surface area (Å²) in [6.07, 6.45) is 43.5. The van der Waals surface area contributed by atoms with Crippen molar-refractivity contribution in [3.63, 3.8) is 0 Å². The van der Waals surface area contributed by atoms with E-state index in [2.05, 4.69) is 38.2 Å². The van der Waals surface area contributed by atoms with E-state index in [1.807, 2.05) is 0 Å². The number of carbonyl (C=O) groups excluding carboxylic acids is 2. The van der Waals surface area contributed by atoms with Gasteiger partial charge in [-0.2, -0.15) is 0 Å². The molecule has 0 saturated heterocycles. The molecule has 0 aromatic rings. The molecular weight excluding hydrogens is 701 g/mol. The van der Waals surface area contributed by atoms with Gasteiger partial charge >= 0.3 is 19.8 Å². The monoisotopic (exact) mass is 786 g/mol. The molecule has 0 aliphatic rings. The van der Waals surface area contributed by atoms with Crippen LogP contribution < -0.4 is 5.73 Å². The predicted molar refractivity (Wildman–Crippen MR) is 224 cm³/mol. The van der Waals surface area contributed by atoms with E-state index in [4.69, 9.17) is 24.3 Å². The van der Waals surface area contributed by atoms with E-state index in [1.165, 1.54) is 122 Å². The Balaban J connectivity index is 4.12. The number of unbranched alkanes of at least 4 members (excludes halogenated alkanes) is 25. The first-order valence-corrected chi connectivity index (χ1v) is 23.8. The van der Waals surface area contributed by atoms with Gasteiger partial charge in [-0.1, -0.05) is 179 Å². The van der Waals surface area contributed by atoms with Crippen LogP contribution in [0.2, 0.25) is 0 Å². The second-order valence-corrected chi connectivity index (χ2v) is 16.4. The highest BCUT2D eigenvalue weighted by Crippen LogP contribution is 2.43. The molecular formula is C44H84NO8P. The Labute approximate surface area is 332 Å². The summed E-state index contributed by atoms with van der Waals surface area (Å²) in [5, 5.41) is 0. The van der Waals surface area contributed by atoms with E-state index in [9.17, 15) is 19.0 Å². The van der Waals surface area contributed by atoms with Crippen LogP contribution >= 0.6 is 7.82 Å². The van der Waals surface area contributed by atoms with E-state index in [0.717, 1.165) is 57.8 Å². The van der Waals surface area contributed by atoms with Crippen molar-refractivity contribution >= 4 is 19.8 Å². The molecule has 0 aromatic carbocycles. The van der Waals surface area contributed by atoms with Gasteiger partial charge in [0, 0.05) is 19.4 Å². The smallest absolute Gasteiger partial charge is 0.462 e. The Morgan fingerprint density at radius 2 is 0.963 bits per heavy atom. The van der Waals surface area contributed by atoms with Crippen molar-refractivity contribution in [2.45, 2.75) is 219 Å². The summed E-state index contributed by atoms with van der Waals surface area (Å²) < 4.78 is 32.8. The van der Waals surface area contributed by atoms with Gasteiger partial charge in [-0.15, -0.1) is 0 Å². The zero-order valence-electron chi connectivity index (χ0n) is 35.0. The Kier molecular flexibility index (Phi) is 40.0. The van der Waals surface area contributed by atoms with Crippen LogP contribution in [0.15, 0.2) is 24.3 Å². The van der Waals surface area contributed by atoms with E-state index >= 15 is 0 Å². The van der Waals surface area contributed by atoms with Gasteiger partial charge in [0.05, 0.1) is 13.2 Å². The summed E-state index contributed by atoms with van der Waals surface area (Å²) in [6, 6.07) is 0. The second kappa shape index (κ2) is 41.1. The van der Waals surface area contributed by atoms with Crippen LogP contribution in [0.3, 0.4) is 0 Å². The number of hydrogen-bond donors (Lipinski definition) is 2. The van der Waals surface area contributed by atoms with Crippen LogP contribution in [0, 0.1) is 0 Å². The maximum absolute atomic E-state index is 12.6. The lowest BCUT2D eigenvalue weighted by molar-refractivity contribution is -0.161. The standard InChI is InChI=1S/C44H84NO8P/c1-3-5-7-9-11-13-15-17-19-20-21-23-24-26-28-30-32-34-36-43(46)50-40-42(41-52-54(48,49)51-39-38-45)53-44(47)37-35-33-31-29-27-25-22-18-16-14-12-10-8-6-4-2/h12,14,18,22,42H,3-11,13,15-17,19-21,23-41,45H2,1-2H3,(H,48,49)/b14-12-,22-18-. The van der Waals surface area contributed by atoms with Crippen molar-refractivity contribution in [1.29, 1.82) is 0 Å². The molecule has 0 spiro atoms. The largest absolute Gasteiger partial charge is 0.472 e. The lowest BCUT2D eigenvalue weighted by Gasteiger charge is -2.19. The third-order valence-electron chi connectivity index (χ3n) is 9.59. The van der Waals surface area contributed by atoms with Gasteiger partial charge in [0.1, 0.15) is 6.61 Å². The van der Waals surface area contributed by atoms with E-state index < -0.39 is 26.5 Å². The first-order valence-electron chi connectivity index (χ1n) is 22.3. The number of nitrogens with two attached hydrogens (primary N) is 1. The zero-order valence-corrected chi connectivity index (χ0v) is 35.9. The van der Waals surface area contributed by atoms with Gasteiger partial charge < -0.3 is 20.1 Å². The molecule has 0 amide bonds. The summed E-state index contributed by atoms with van der Waals surface area (Å²) in [6.45, 7) is 3.71. The highest BCUT2D eigenvalue weighted by Gasteiger charge is 2.26. The fourth-order valence-electron chi connectivity index (χ4n) is 6.25. The first-order chi connectivity index (χ1) is 26.3. The molecule has 0 fully saturated rings. The van der Waals surface area contributed by atoms with Gasteiger partial charge in [-0.05, 0) is 44.9 Å². The van der Waals surface area contributed by atoms with Crippen LogP contribution in [0.4, 0.5) is 0 Å². The average Bonchev–Trinajstić information content (AvgIpc) is 3.16. The Bertz CT molecular complexity index is 944. The van der Waals surface area contributed by atoms with Crippen LogP contribution in [0.25, 0.3) is 0 Å². The van der Waals surface area contributed by atoms with Crippen LogP contribution in [-0.2, 0) is 32.7 Å². The topological polar surface area (TPSA) is 134 Å². The quantitative estimate of drug-likeness (QED) is 0.0268. The lowest BCUT2D eigenvalue weighted by Crippen LogP contribution is -2.29. The molecule has 2 unspecified atom stereocenters. The van der Waals surface area contributed by atoms with Crippen molar-refractivity contribution in [2.75, 3.05) is 26.4 Å². The number of allylic oxidation sites excluding steroid dienone is 4. The minimum Gasteiger partial charge on any atom is -0.462 e. The average molecular weight is 786 g/mol. The van der Waals surface area contributed by atoms with Crippen LogP contribution in [-0.4, -0.2) is 49.3 Å². The van der Waals surface area contributed by atoms with E-state index in [1.54, 1.807) is 0 Å². The van der Waals surface area contributed by atoms with Crippen molar-refractivity contribution in [3.05, 3.63) is 24.3 Å². The highest BCUT2D eigenvalue weighted by atomic mass is 31.2. The molecule has 0 rings (SSSR count). The van der Waals surface area contributed by atoms with Crippen molar-refractivity contribution < 1.29 is 37.6 Å². The van der Waals surface area contributed by atoms with Crippen LogP contribution in [0.1, 0.15) is 213 Å². The molecule has 0 aromatic heterocycles. The van der Waals surface area contributed by atoms with Gasteiger partial charge in [-0.25, -0.2) is 4.57 Å². The summed E-state index contributed by atoms with van der Waals surface area (Å²) in [7, 11) is -4.38. The Morgan fingerprint density at radius 1 is 0.556 bits per heavy atom. The minimum absolute atomic E-state index is 0.0525. The van der Waals surface area contributed by atoms with E-state index in [0.29, 0.717) is 6.42 Å². The fourth-order valence-corrected chi connectivity index (χ4v) is 7.02. The molecule has 0 radical (unpaired) electrons. The predicted octanol–water partition coefficient (Wildman–Crippen LogP) is 12.8. The number of phosphoric ester groups is 1. The molecule has 2 atom stereocenters. The van der Waals surface area contributed by atoms with Crippen molar-refractivity contribution in [2.24, 2.45) is 5.73 Å². The van der Waals surface area contributed by atoms with Gasteiger partial charge in [0.25, 0.3) is 0 Å². The number of hydrogen-bond acceptors (Lipinski definition) is 8. The molecule has 0 bridgehead atoms. The lowest BCUT2D eigenvalue weighted by atomic mass is 10.0. The van der Waals surface area contributed by atoms with Gasteiger partial charge in [0.2, 0.25) is 0 Å². The summed E-state index contributed by atoms with van der Waals surface area (Å²) in [4.78, 5) is 34.9. The second-order valence-electron chi connectivity index (χ2n) is 14.9. The Morgan fingerprint density at radius 3 is 1.44 bits per heavy atom. The molecule has 9 nitrogen and oxygen atoms in total. The molecule has 0 heterocycles. The number of phosphoric acid groups is 1.